The van der Waals surface area contributed by atoms with Crippen LogP contribution in [-0.4, -0.2) is 27.1 Å². The smallest absolute Gasteiger partial charge is 0.274 e. The topological polar surface area (TPSA) is 64.2 Å². The van der Waals surface area contributed by atoms with Crippen molar-refractivity contribution in [3.63, 3.8) is 0 Å². The number of hydrogen-bond donors (Lipinski definition) is 1. The summed E-state index contributed by atoms with van der Waals surface area (Å²) in [6.07, 6.45) is 2.05. The lowest BCUT2D eigenvalue weighted by molar-refractivity contribution is 0.0726. The molecule has 1 aliphatic heterocycles. The van der Waals surface area contributed by atoms with Gasteiger partial charge in [-0.05, 0) is 38.1 Å². The van der Waals surface area contributed by atoms with Crippen molar-refractivity contribution in [3.05, 3.63) is 33.8 Å². The summed E-state index contributed by atoms with van der Waals surface area (Å²) < 4.78 is 1.72. The van der Waals surface area contributed by atoms with Crippen molar-refractivity contribution in [1.29, 1.82) is 0 Å². The van der Waals surface area contributed by atoms with Crippen LogP contribution in [0.5, 0.6) is 0 Å². The predicted molar refractivity (Wildman–Crippen MR) is 84.4 cm³/mol. The number of nitrogens with zero attached hydrogens (tertiary/aromatic N) is 3. The maximum atomic E-state index is 13.0. The van der Waals surface area contributed by atoms with Crippen molar-refractivity contribution < 1.29 is 4.79 Å². The average Bonchev–Trinajstić information content (AvgIpc) is 3.18. The fraction of sp³-hybridized carbons (Fsp3) is 0.467. The van der Waals surface area contributed by atoms with Gasteiger partial charge in [0.1, 0.15) is 5.69 Å². The van der Waals surface area contributed by atoms with Crippen LogP contribution in [0.3, 0.4) is 0 Å². The van der Waals surface area contributed by atoms with Crippen molar-refractivity contribution in [2.24, 2.45) is 0 Å². The minimum absolute atomic E-state index is 0.00542. The van der Waals surface area contributed by atoms with E-state index in [0.717, 1.165) is 25.1 Å². The number of aromatic nitrogens is 2. The normalized spacial score (nSPS) is 18.4. The first-order chi connectivity index (χ1) is 10.1. The molecule has 0 bridgehead atoms. The summed E-state index contributed by atoms with van der Waals surface area (Å²) in [6.45, 7) is 5.26. The molecule has 1 atom stereocenters. The molecule has 3 rings (SSSR count). The number of aryl methyl sites for hydroxylation is 2. The average molecular weight is 304 g/mol. The molecule has 5 nitrogen and oxygen atoms in total. The Morgan fingerprint density at radius 2 is 2.38 bits per heavy atom. The molecular formula is C15H20N4OS. The first-order valence-corrected chi connectivity index (χ1v) is 8.18. The lowest BCUT2D eigenvalue weighted by atomic mass is 10.1. The van der Waals surface area contributed by atoms with Crippen LogP contribution in [0.15, 0.2) is 17.5 Å². The van der Waals surface area contributed by atoms with Crippen molar-refractivity contribution in [3.8, 4) is 0 Å². The summed E-state index contributed by atoms with van der Waals surface area (Å²) in [4.78, 5) is 16.2. The Kier molecular flexibility index (Phi) is 3.71. The highest BCUT2D eigenvalue weighted by atomic mass is 32.1. The molecule has 112 valence electrons. The van der Waals surface area contributed by atoms with Crippen molar-refractivity contribution in [1.82, 2.24) is 14.7 Å². The molecule has 6 heteroatoms. The Hall–Kier alpha value is -1.82. The molecule has 21 heavy (non-hydrogen) atoms. The third kappa shape index (κ3) is 2.33. The Balaban J connectivity index is 1.95. The number of hydrogen-bond acceptors (Lipinski definition) is 4. The van der Waals surface area contributed by atoms with E-state index in [1.807, 2.05) is 24.8 Å². The number of carbonyl (C=O) groups excluding carboxylic acids is 1. The van der Waals surface area contributed by atoms with Crippen LogP contribution in [0.25, 0.3) is 0 Å². The van der Waals surface area contributed by atoms with Gasteiger partial charge in [-0.2, -0.15) is 5.10 Å². The molecule has 0 aliphatic carbocycles. The van der Waals surface area contributed by atoms with E-state index >= 15 is 0 Å². The van der Waals surface area contributed by atoms with E-state index in [1.165, 1.54) is 4.88 Å². The molecule has 1 aliphatic rings. The number of anilines is 1. The summed E-state index contributed by atoms with van der Waals surface area (Å²) in [7, 11) is 0. The fourth-order valence-corrected chi connectivity index (χ4v) is 3.85. The number of carbonyl (C=O) groups is 1. The van der Waals surface area contributed by atoms with Gasteiger partial charge in [-0.25, -0.2) is 0 Å². The minimum Gasteiger partial charge on any atom is -0.395 e. The van der Waals surface area contributed by atoms with Gasteiger partial charge in [0.25, 0.3) is 5.91 Å². The molecular weight excluding hydrogens is 284 g/mol. The monoisotopic (exact) mass is 304 g/mol. The van der Waals surface area contributed by atoms with Gasteiger partial charge < -0.3 is 10.6 Å². The molecule has 0 spiro atoms. The fourth-order valence-electron chi connectivity index (χ4n) is 2.97. The van der Waals surface area contributed by atoms with Gasteiger partial charge in [-0.3, -0.25) is 9.48 Å². The second-order valence-electron chi connectivity index (χ2n) is 5.34. The molecule has 2 N–H and O–H groups in total. The van der Waals surface area contributed by atoms with Gasteiger partial charge in [-0.15, -0.1) is 11.3 Å². The number of thiophene rings is 1. The minimum atomic E-state index is 0.00542. The second kappa shape index (κ2) is 5.52. The van der Waals surface area contributed by atoms with E-state index < -0.39 is 0 Å². The van der Waals surface area contributed by atoms with Crippen LogP contribution >= 0.6 is 11.3 Å². The zero-order valence-electron chi connectivity index (χ0n) is 12.4. The zero-order valence-corrected chi connectivity index (χ0v) is 13.2. The number of nitrogens with two attached hydrogens (primary N) is 1. The van der Waals surface area contributed by atoms with Gasteiger partial charge in [0.05, 0.1) is 17.4 Å². The van der Waals surface area contributed by atoms with E-state index in [2.05, 4.69) is 16.5 Å². The Morgan fingerprint density at radius 1 is 1.57 bits per heavy atom. The van der Waals surface area contributed by atoms with Crippen LogP contribution in [0, 0.1) is 6.92 Å². The molecule has 0 radical (unpaired) electrons. The van der Waals surface area contributed by atoms with E-state index in [4.69, 9.17) is 5.73 Å². The summed E-state index contributed by atoms with van der Waals surface area (Å²) in [5, 5.41) is 6.42. The number of rotatable bonds is 3. The Bertz CT molecular complexity index is 647. The van der Waals surface area contributed by atoms with Gasteiger partial charge in [0.2, 0.25) is 0 Å². The molecule has 1 saturated heterocycles. The maximum Gasteiger partial charge on any atom is 0.274 e. The van der Waals surface area contributed by atoms with Gasteiger partial charge in [-0.1, -0.05) is 6.07 Å². The Morgan fingerprint density at radius 3 is 3.05 bits per heavy atom. The molecule has 3 heterocycles. The first kappa shape index (κ1) is 14.1. The van der Waals surface area contributed by atoms with E-state index in [-0.39, 0.29) is 11.9 Å². The third-order valence-electron chi connectivity index (χ3n) is 4.06. The van der Waals surface area contributed by atoms with Crippen LogP contribution < -0.4 is 5.73 Å². The molecule has 2 aromatic rings. The number of amides is 1. The van der Waals surface area contributed by atoms with E-state index in [0.29, 0.717) is 17.9 Å². The highest BCUT2D eigenvalue weighted by Crippen LogP contribution is 2.36. The number of nitrogen functional groups attached to an aromatic ring is 1. The molecule has 1 amide bonds. The van der Waals surface area contributed by atoms with Crippen molar-refractivity contribution in [2.75, 3.05) is 12.3 Å². The summed E-state index contributed by atoms with van der Waals surface area (Å²) >= 11 is 1.71. The quantitative estimate of drug-likeness (QED) is 0.948. The molecule has 0 aromatic carbocycles. The highest BCUT2D eigenvalue weighted by molar-refractivity contribution is 7.10. The van der Waals surface area contributed by atoms with Gasteiger partial charge in [0, 0.05) is 18.0 Å². The zero-order chi connectivity index (χ0) is 15.0. The van der Waals surface area contributed by atoms with Gasteiger partial charge in [0.15, 0.2) is 0 Å². The first-order valence-electron chi connectivity index (χ1n) is 7.30. The van der Waals surface area contributed by atoms with E-state index in [1.54, 1.807) is 16.0 Å². The van der Waals surface area contributed by atoms with Crippen molar-refractivity contribution in [2.45, 2.75) is 39.3 Å². The molecule has 2 aromatic heterocycles. The predicted octanol–water partition coefficient (Wildman–Crippen LogP) is 2.83. The summed E-state index contributed by atoms with van der Waals surface area (Å²) in [6, 6.07) is 4.32. The second-order valence-corrected chi connectivity index (χ2v) is 6.31. The lowest BCUT2D eigenvalue weighted by Crippen LogP contribution is -2.32. The van der Waals surface area contributed by atoms with Crippen LogP contribution in [-0.2, 0) is 6.54 Å². The highest BCUT2D eigenvalue weighted by Gasteiger charge is 2.34. The van der Waals surface area contributed by atoms with Crippen LogP contribution in [0.4, 0.5) is 5.69 Å². The van der Waals surface area contributed by atoms with E-state index in [9.17, 15) is 4.79 Å². The third-order valence-corrected chi connectivity index (χ3v) is 5.03. The Labute approximate surface area is 128 Å². The van der Waals surface area contributed by atoms with Crippen LogP contribution in [0.1, 0.15) is 46.9 Å². The molecule has 0 saturated carbocycles. The standard InChI is InChI=1S/C15H20N4OS/c1-3-19-14(13(16)10(2)17-19)15(20)18-8-4-6-11(18)12-7-5-9-21-12/h5,7,9,11H,3-4,6,8,16H2,1-2H3. The van der Waals surface area contributed by atoms with Crippen LogP contribution in [0.2, 0.25) is 0 Å². The molecule has 1 fully saturated rings. The summed E-state index contributed by atoms with van der Waals surface area (Å²) in [5.74, 6) is 0.00542. The largest absolute Gasteiger partial charge is 0.395 e. The SMILES string of the molecule is CCn1nc(C)c(N)c1C(=O)N1CCCC1c1cccs1. The molecule has 1 unspecified atom stereocenters. The number of likely N-dealkylation sites (tertiary alicyclic amines) is 1. The van der Waals surface area contributed by atoms with Gasteiger partial charge >= 0.3 is 0 Å². The van der Waals surface area contributed by atoms with Crippen molar-refractivity contribution >= 4 is 22.9 Å². The lowest BCUT2D eigenvalue weighted by Gasteiger charge is -2.24. The maximum absolute atomic E-state index is 13.0. The summed E-state index contributed by atoms with van der Waals surface area (Å²) in [5.41, 5.74) is 7.87.